The molecule has 14 rings (SSSR count). The third kappa shape index (κ3) is 4.88. The minimum atomic E-state index is -0.149. The third-order valence-corrected chi connectivity index (χ3v) is 16.7. The monoisotopic (exact) mass is 858 g/mol. The van der Waals surface area contributed by atoms with Crippen molar-refractivity contribution in [2.75, 3.05) is 4.81 Å². The van der Waals surface area contributed by atoms with Gasteiger partial charge in [0.25, 0.3) is 0 Å². The lowest BCUT2D eigenvalue weighted by Gasteiger charge is -2.42. The fourth-order valence-electron chi connectivity index (χ4n) is 11.2. The van der Waals surface area contributed by atoms with Crippen molar-refractivity contribution in [3.63, 3.8) is 0 Å². The van der Waals surface area contributed by atoms with Crippen molar-refractivity contribution in [1.29, 1.82) is 0 Å². The Kier molecular flexibility index (Phi) is 7.23. The zero-order valence-corrected chi connectivity index (χ0v) is 38.3. The normalized spacial score (nSPS) is 13.7. The third-order valence-electron chi connectivity index (χ3n) is 14.3. The molecule has 64 heavy (non-hydrogen) atoms. The van der Waals surface area contributed by atoms with E-state index >= 15 is 0 Å². The molecule has 0 bridgehead atoms. The largest absolute Gasteiger partial charge is 0.464 e. The number of rotatable bonds is 2. The van der Waals surface area contributed by atoms with Crippen LogP contribution >= 0.6 is 22.7 Å². The van der Waals surface area contributed by atoms with E-state index in [-0.39, 0.29) is 17.7 Å². The highest BCUT2D eigenvalue weighted by Crippen LogP contribution is 2.54. The number of fused-ring (bicyclic) bond motifs is 17. The molecule has 0 aliphatic carbocycles. The van der Waals surface area contributed by atoms with Crippen LogP contribution in [0.5, 0.6) is 0 Å². The highest BCUT2D eigenvalue weighted by molar-refractivity contribution is 7.27. The van der Waals surface area contributed by atoms with Crippen LogP contribution in [-0.4, -0.2) is 11.4 Å². The molecular formula is C58H43BN2OS2. The van der Waals surface area contributed by atoms with Crippen LogP contribution in [0.2, 0.25) is 0 Å². The summed E-state index contributed by atoms with van der Waals surface area (Å²) in [4.78, 5) is 2.68. The van der Waals surface area contributed by atoms with E-state index in [9.17, 15) is 0 Å². The summed E-state index contributed by atoms with van der Waals surface area (Å²) in [5, 5.41) is 9.13. The standard InChI is InChI=1S/C58H43BN2OS2/c1-57(2,3)33-20-23-35(24-21-33)61-45-30-50-39(36-16-10-12-18-48(36)63-50)27-41(45)51-52-37-17-11-13-19-49(37)64-56(52)53-40-26-34(58(4,5)6)22-25-44(40)60-46-28-38-42(32-14-8-7-9-15-32)31-62-47(38)29-43(46)59(61)54(51)55(53)60/h7-31H,1-6H3. The average Bonchev–Trinajstić information content (AvgIpc) is 4.07. The molecule has 6 heteroatoms. The Morgan fingerprint density at radius 2 is 1.23 bits per heavy atom. The van der Waals surface area contributed by atoms with E-state index < -0.39 is 0 Å². The fourth-order valence-corrected chi connectivity index (χ4v) is 13.6. The molecule has 0 fully saturated rings. The number of nitrogens with zero attached hydrogens (tertiary/aromatic N) is 2. The number of anilines is 2. The van der Waals surface area contributed by atoms with Crippen LogP contribution in [0.3, 0.4) is 0 Å². The topological polar surface area (TPSA) is 21.3 Å². The van der Waals surface area contributed by atoms with Gasteiger partial charge >= 0.3 is 6.85 Å². The Balaban J connectivity index is 1.22. The molecule has 306 valence electrons. The molecule has 0 amide bonds. The van der Waals surface area contributed by atoms with Gasteiger partial charge in [-0.15, -0.1) is 22.7 Å². The van der Waals surface area contributed by atoms with Crippen LogP contribution in [0.25, 0.3) is 101 Å². The van der Waals surface area contributed by atoms with Gasteiger partial charge in [0.15, 0.2) is 0 Å². The number of aromatic nitrogens is 1. The molecule has 4 aromatic heterocycles. The number of hydrogen-bond donors (Lipinski definition) is 0. The summed E-state index contributed by atoms with van der Waals surface area (Å²) < 4.78 is 14.6. The number of hydrogen-bond acceptors (Lipinski definition) is 4. The zero-order valence-electron chi connectivity index (χ0n) is 36.6. The quantitative estimate of drug-likeness (QED) is 0.162. The first kappa shape index (κ1) is 36.8. The summed E-state index contributed by atoms with van der Waals surface area (Å²) in [6.45, 7) is 13.8. The zero-order chi connectivity index (χ0) is 43.0. The number of thiophene rings is 2. The number of furan rings is 1. The van der Waals surface area contributed by atoms with Gasteiger partial charge in [0.1, 0.15) is 5.58 Å². The van der Waals surface area contributed by atoms with E-state index in [4.69, 9.17) is 4.42 Å². The fraction of sp³-hybridized carbons (Fsp3) is 0.138. The van der Waals surface area contributed by atoms with Gasteiger partial charge in [-0.05, 0) is 105 Å². The van der Waals surface area contributed by atoms with Gasteiger partial charge in [0.05, 0.1) is 17.3 Å². The Labute approximate surface area is 379 Å². The molecule has 12 aromatic rings. The lowest BCUT2D eigenvalue weighted by Crippen LogP contribution is -2.60. The molecule has 0 saturated heterocycles. The maximum Gasteiger partial charge on any atom is 0.333 e. The van der Waals surface area contributed by atoms with Crippen molar-refractivity contribution in [1.82, 2.24) is 4.57 Å². The number of benzene rings is 8. The lowest BCUT2D eigenvalue weighted by atomic mass is 9.43. The van der Waals surface area contributed by atoms with Crippen molar-refractivity contribution in [2.24, 2.45) is 0 Å². The van der Waals surface area contributed by atoms with Gasteiger partial charge in [0.2, 0.25) is 0 Å². The molecule has 2 aliphatic heterocycles. The Bertz CT molecular complexity index is 3980. The van der Waals surface area contributed by atoms with Gasteiger partial charge in [-0.3, -0.25) is 0 Å². The highest BCUT2D eigenvalue weighted by atomic mass is 32.1. The second kappa shape index (κ2) is 12.6. The van der Waals surface area contributed by atoms with Crippen LogP contribution in [0, 0.1) is 0 Å². The molecule has 2 aliphatic rings. The van der Waals surface area contributed by atoms with Gasteiger partial charge in [0, 0.05) is 84.7 Å². The van der Waals surface area contributed by atoms with Crippen molar-refractivity contribution >= 4 is 125 Å². The van der Waals surface area contributed by atoms with Gasteiger partial charge < -0.3 is 13.8 Å². The molecule has 8 aromatic carbocycles. The SMILES string of the molecule is CC(C)(C)c1ccc(N2B3c4cc5occ(-c6ccccc6)c5cc4-n4c5ccc(C(C)(C)C)cc5c5c6sc7ccccc7c6c(c3c54)-c3cc4c(cc32)sc2ccccc24)cc1. The van der Waals surface area contributed by atoms with E-state index in [1.54, 1.807) is 0 Å². The molecule has 0 N–H and O–H groups in total. The van der Waals surface area contributed by atoms with E-state index in [1.165, 1.54) is 112 Å². The second-order valence-electron chi connectivity index (χ2n) is 20.1. The summed E-state index contributed by atoms with van der Waals surface area (Å²) in [5.41, 5.74) is 17.3. The minimum absolute atomic E-state index is 0.0199. The summed E-state index contributed by atoms with van der Waals surface area (Å²) in [6, 6.07) is 55.4. The predicted molar refractivity (Wildman–Crippen MR) is 278 cm³/mol. The molecule has 0 spiro atoms. The second-order valence-corrected chi connectivity index (χ2v) is 22.2. The molecule has 3 nitrogen and oxygen atoms in total. The molecule has 0 atom stereocenters. The Morgan fingerprint density at radius 1 is 0.531 bits per heavy atom. The van der Waals surface area contributed by atoms with Crippen molar-refractivity contribution in [3.05, 3.63) is 163 Å². The first-order valence-corrected chi connectivity index (χ1v) is 24.1. The first-order chi connectivity index (χ1) is 31.0. The van der Waals surface area contributed by atoms with E-state index in [1.807, 2.05) is 28.9 Å². The molecule has 0 unspecified atom stereocenters. The maximum atomic E-state index is 6.64. The van der Waals surface area contributed by atoms with Gasteiger partial charge in [-0.25, -0.2) is 0 Å². The Morgan fingerprint density at radius 3 is 2.00 bits per heavy atom. The van der Waals surface area contributed by atoms with Gasteiger partial charge in [-0.1, -0.05) is 126 Å². The minimum Gasteiger partial charge on any atom is -0.464 e. The molecule has 0 saturated carbocycles. The molecule has 6 heterocycles. The van der Waals surface area contributed by atoms with Crippen LogP contribution in [0.1, 0.15) is 52.7 Å². The predicted octanol–water partition coefficient (Wildman–Crippen LogP) is 15.8. The van der Waals surface area contributed by atoms with E-state index in [2.05, 4.69) is 197 Å². The van der Waals surface area contributed by atoms with Gasteiger partial charge in [-0.2, -0.15) is 0 Å². The summed E-state index contributed by atoms with van der Waals surface area (Å²) in [7, 11) is 0. The summed E-state index contributed by atoms with van der Waals surface area (Å²) in [5.74, 6) is 0. The molecular weight excluding hydrogens is 816 g/mol. The van der Waals surface area contributed by atoms with Crippen LogP contribution in [0.15, 0.2) is 156 Å². The summed E-state index contributed by atoms with van der Waals surface area (Å²) >= 11 is 3.86. The van der Waals surface area contributed by atoms with Crippen molar-refractivity contribution < 1.29 is 4.42 Å². The molecule has 0 radical (unpaired) electrons. The highest BCUT2D eigenvalue weighted by Gasteiger charge is 2.46. The Hall–Kier alpha value is -6.60. The van der Waals surface area contributed by atoms with Crippen LogP contribution < -0.4 is 15.7 Å². The van der Waals surface area contributed by atoms with E-state index in [0.29, 0.717) is 0 Å². The summed E-state index contributed by atoms with van der Waals surface area (Å²) in [6.07, 6.45) is 1.96. The van der Waals surface area contributed by atoms with Crippen LogP contribution in [0.4, 0.5) is 11.4 Å². The van der Waals surface area contributed by atoms with Crippen molar-refractivity contribution in [2.45, 2.75) is 52.4 Å². The van der Waals surface area contributed by atoms with Crippen LogP contribution in [-0.2, 0) is 10.8 Å². The first-order valence-electron chi connectivity index (χ1n) is 22.4. The maximum absolute atomic E-state index is 6.64. The lowest BCUT2D eigenvalue weighted by molar-refractivity contribution is 0.590. The van der Waals surface area contributed by atoms with E-state index in [0.717, 1.165) is 22.1 Å². The van der Waals surface area contributed by atoms with Crippen molar-refractivity contribution in [3.8, 4) is 27.9 Å². The smallest absolute Gasteiger partial charge is 0.333 e. The average molecular weight is 859 g/mol.